The van der Waals surface area contributed by atoms with Crippen LogP contribution in [0.25, 0.3) is 0 Å². The minimum Gasteiger partial charge on any atom is -0.448 e. The fraction of sp³-hybridized carbons (Fsp3) is 0.412. The maximum atomic E-state index is 9.41. The number of halogens is 1. The summed E-state index contributed by atoms with van der Waals surface area (Å²) in [5.41, 5.74) is 2.24. The first-order chi connectivity index (χ1) is 10.7. The number of aliphatic hydroxyl groups excluding tert-OH is 1. The predicted octanol–water partition coefficient (Wildman–Crippen LogP) is 2.74. The molecule has 1 N–H and O–H groups in total. The van der Waals surface area contributed by atoms with Crippen LogP contribution in [-0.2, 0) is 19.7 Å². The summed E-state index contributed by atoms with van der Waals surface area (Å²) in [4.78, 5) is 4.81. The zero-order valence-corrected chi connectivity index (χ0v) is 13.3. The molecule has 4 nitrogen and oxygen atoms in total. The number of piperazine rings is 1. The van der Waals surface area contributed by atoms with E-state index in [0.29, 0.717) is 5.22 Å². The Morgan fingerprint density at radius 3 is 2.14 bits per heavy atom. The Kier molecular flexibility index (Phi) is 5.16. The molecule has 1 aliphatic rings. The quantitative estimate of drug-likeness (QED) is 0.919. The fourth-order valence-electron chi connectivity index (χ4n) is 2.87. The van der Waals surface area contributed by atoms with Crippen LogP contribution in [0, 0.1) is 0 Å². The molecule has 2 heterocycles. The molecule has 0 radical (unpaired) electrons. The average Bonchev–Trinajstić information content (AvgIpc) is 2.95. The summed E-state index contributed by atoms with van der Waals surface area (Å²) in [7, 11) is 0. The molecule has 3 rings (SSSR count). The molecule has 0 saturated carbocycles. The van der Waals surface area contributed by atoms with E-state index in [1.165, 1.54) is 5.56 Å². The summed E-state index contributed by atoms with van der Waals surface area (Å²) in [5.74, 6) is 0.920. The van der Waals surface area contributed by atoms with Gasteiger partial charge in [-0.1, -0.05) is 24.3 Å². The number of benzene rings is 1. The lowest BCUT2D eigenvalue weighted by Crippen LogP contribution is -2.45. The highest BCUT2D eigenvalue weighted by Gasteiger charge is 2.18. The van der Waals surface area contributed by atoms with Crippen molar-refractivity contribution in [3.05, 3.63) is 58.5 Å². The SMILES string of the molecule is OCc1ccccc1CN1CCN(Cc2ccc(Cl)o2)CC1. The molecule has 0 unspecified atom stereocenters. The van der Waals surface area contributed by atoms with Gasteiger partial charge in [-0.25, -0.2) is 0 Å². The Morgan fingerprint density at radius 2 is 1.55 bits per heavy atom. The van der Waals surface area contributed by atoms with Crippen molar-refractivity contribution in [2.75, 3.05) is 26.2 Å². The molecule has 1 aromatic carbocycles. The average molecular weight is 321 g/mol. The van der Waals surface area contributed by atoms with Crippen LogP contribution in [0.5, 0.6) is 0 Å². The Labute approximate surface area is 135 Å². The molecular weight excluding hydrogens is 300 g/mol. The first kappa shape index (κ1) is 15.6. The largest absolute Gasteiger partial charge is 0.448 e. The van der Waals surface area contributed by atoms with Crippen molar-refractivity contribution in [3.8, 4) is 0 Å². The van der Waals surface area contributed by atoms with E-state index in [0.717, 1.165) is 50.6 Å². The van der Waals surface area contributed by atoms with Crippen molar-refractivity contribution in [2.45, 2.75) is 19.7 Å². The molecule has 0 amide bonds. The molecule has 0 bridgehead atoms. The van der Waals surface area contributed by atoms with Crippen molar-refractivity contribution in [1.82, 2.24) is 9.80 Å². The highest BCUT2D eigenvalue weighted by molar-refractivity contribution is 6.28. The van der Waals surface area contributed by atoms with E-state index in [2.05, 4.69) is 15.9 Å². The molecule has 1 aromatic heterocycles. The van der Waals surface area contributed by atoms with Gasteiger partial charge in [0.25, 0.3) is 0 Å². The van der Waals surface area contributed by atoms with Crippen LogP contribution in [0.15, 0.2) is 40.8 Å². The monoisotopic (exact) mass is 320 g/mol. The maximum absolute atomic E-state index is 9.41. The summed E-state index contributed by atoms with van der Waals surface area (Å²) >= 11 is 5.81. The zero-order valence-electron chi connectivity index (χ0n) is 12.5. The number of nitrogens with zero attached hydrogens (tertiary/aromatic N) is 2. The van der Waals surface area contributed by atoms with Crippen molar-refractivity contribution in [2.24, 2.45) is 0 Å². The number of furan rings is 1. The molecular formula is C17H21ClN2O2. The summed E-state index contributed by atoms with van der Waals surface area (Å²) < 4.78 is 5.42. The lowest BCUT2D eigenvalue weighted by atomic mass is 10.1. The number of rotatable bonds is 5. The van der Waals surface area contributed by atoms with Gasteiger partial charge in [-0.05, 0) is 34.9 Å². The third kappa shape index (κ3) is 3.90. The molecule has 118 valence electrons. The van der Waals surface area contributed by atoms with Gasteiger partial charge in [0.05, 0.1) is 13.2 Å². The van der Waals surface area contributed by atoms with Gasteiger partial charge in [0.15, 0.2) is 5.22 Å². The van der Waals surface area contributed by atoms with Crippen LogP contribution in [0.3, 0.4) is 0 Å². The van der Waals surface area contributed by atoms with Gasteiger partial charge < -0.3 is 9.52 Å². The molecule has 1 aliphatic heterocycles. The first-order valence-electron chi connectivity index (χ1n) is 7.61. The molecule has 5 heteroatoms. The Morgan fingerprint density at radius 1 is 0.909 bits per heavy atom. The van der Waals surface area contributed by atoms with Crippen LogP contribution in [0.1, 0.15) is 16.9 Å². The van der Waals surface area contributed by atoms with E-state index in [1.54, 1.807) is 6.07 Å². The number of aliphatic hydroxyl groups is 1. The molecule has 0 aliphatic carbocycles. The van der Waals surface area contributed by atoms with E-state index < -0.39 is 0 Å². The highest BCUT2D eigenvalue weighted by atomic mass is 35.5. The zero-order chi connectivity index (χ0) is 15.4. The van der Waals surface area contributed by atoms with E-state index >= 15 is 0 Å². The van der Waals surface area contributed by atoms with Crippen LogP contribution in [-0.4, -0.2) is 41.1 Å². The topological polar surface area (TPSA) is 39.9 Å². The van der Waals surface area contributed by atoms with Gasteiger partial charge in [0.2, 0.25) is 0 Å². The minimum absolute atomic E-state index is 0.107. The fourth-order valence-corrected chi connectivity index (χ4v) is 3.03. The van der Waals surface area contributed by atoms with Gasteiger partial charge in [-0.2, -0.15) is 0 Å². The Hall–Kier alpha value is -1.33. The lowest BCUT2D eigenvalue weighted by Gasteiger charge is -2.34. The second kappa shape index (κ2) is 7.29. The molecule has 1 fully saturated rings. The smallest absolute Gasteiger partial charge is 0.193 e. The first-order valence-corrected chi connectivity index (χ1v) is 7.99. The Bertz CT molecular complexity index is 606. The third-order valence-electron chi connectivity index (χ3n) is 4.16. The second-order valence-electron chi connectivity index (χ2n) is 5.68. The summed E-state index contributed by atoms with van der Waals surface area (Å²) in [6.07, 6.45) is 0. The molecule has 0 atom stereocenters. The van der Waals surface area contributed by atoms with Crippen LogP contribution < -0.4 is 0 Å². The summed E-state index contributed by atoms with van der Waals surface area (Å²) in [6.45, 7) is 5.89. The van der Waals surface area contributed by atoms with Crippen LogP contribution in [0.4, 0.5) is 0 Å². The number of hydrogen-bond acceptors (Lipinski definition) is 4. The third-order valence-corrected chi connectivity index (χ3v) is 4.36. The van der Waals surface area contributed by atoms with Crippen LogP contribution in [0.2, 0.25) is 5.22 Å². The van der Waals surface area contributed by atoms with Crippen molar-refractivity contribution in [1.29, 1.82) is 0 Å². The van der Waals surface area contributed by atoms with E-state index in [1.807, 2.05) is 24.3 Å². The van der Waals surface area contributed by atoms with Gasteiger partial charge >= 0.3 is 0 Å². The lowest BCUT2D eigenvalue weighted by molar-refractivity contribution is 0.115. The molecule has 22 heavy (non-hydrogen) atoms. The van der Waals surface area contributed by atoms with Crippen molar-refractivity contribution in [3.63, 3.8) is 0 Å². The maximum Gasteiger partial charge on any atom is 0.193 e. The van der Waals surface area contributed by atoms with E-state index in [4.69, 9.17) is 16.0 Å². The number of hydrogen-bond donors (Lipinski definition) is 1. The van der Waals surface area contributed by atoms with Crippen molar-refractivity contribution < 1.29 is 9.52 Å². The molecule has 1 saturated heterocycles. The van der Waals surface area contributed by atoms with Gasteiger partial charge in [-0.15, -0.1) is 0 Å². The highest BCUT2D eigenvalue weighted by Crippen LogP contribution is 2.17. The second-order valence-corrected chi connectivity index (χ2v) is 6.06. The summed E-state index contributed by atoms with van der Waals surface area (Å²) in [6, 6.07) is 11.8. The van der Waals surface area contributed by atoms with Gasteiger partial charge in [-0.3, -0.25) is 9.80 Å². The normalized spacial score (nSPS) is 17.0. The van der Waals surface area contributed by atoms with E-state index in [9.17, 15) is 5.11 Å². The standard InChI is InChI=1S/C17H21ClN2O2/c18-17-6-5-16(22-17)12-20-9-7-19(8-10-20)11-14-3-1-2-4-15(14)13-21/h1-6,21H,7-13H2. The van der Waals surface area contributed by atoms with Gasteiger partial charge in [0, 0.05) is 32.7 Å². The van der Waals surface area contributed by atoms with Crippen molar-refractivity contribution >= 4 is 11.6 Å². The van der Waals surface area contributed by atoms with E-state index in [-0.39, 0.29) is 6.61 Å². The predicted molar refractivity (Wildman–Crippen MR) is 86.6 cm³/mol. The summed E-state index contributed by atoms with van der Waals surface area (Å²) in [5, 5.41) is 9.86. The van der Waals surface area contributed by atoms with Crippen LogP contribution >= 0.6 is 11.6 Å². The molecule has 0 spiro atoms. The Balaban J connectivity index is 1.51. The van der Waals surface area contributed by atoms with Gasteiger partial charge in [0.1, 0.15) is 5.76 Å². The molecule has 2 aromatic rings. The minimum atomic E-state index is 0.107.